The molecule has 1 atom stereocenters. The molecular formula is C20H25F5N4O3. The number of amides is 2. The molecule has 1 aromatic carbocycles. The van der Waals surface area contributed by atoms with Gasteiger partial charge in [0, 0.05) is 24.8 Å². The van der Waals surface area contributed by atoms with Crippen LogP contribution < -0.4 is 16.0 Å². The maximum Gasteiger partial charge on any atom is 0.418 e. The van der Waals surface area contributed by atoms with Gasteiger partial charge in [0.2, 0.25) is 5.91 Å². The van der Waals surface area contributed by atoms with E-state index in [9.17, 15) is 31.5 Å². The molecule has 0 bridgehead atoms. The van der Waals surface area contributed by atoms with E-state index in [1.165, 1.54) is 11.0 Å². The lowest BCUT2D eigenvalue weighted by atomic mass is 9.90. The lowest BCUT2D eigenvalue weighted by Crippen LogP contribution is -2.56. The Labute approximate surface area is 181 Å². The number of anilines is 2. The number of alkyl halides is 5. The molecule has 3 rings (SSSR count). The van der Waals surface area contributed by atoms with Crippen molar-refractivity contribution in [3.63, 3.8) is 0 Å². The van der Waals surface area contributed by atoms with Crippen LogP contribution >= 0.6 is 0 Å². The molecule has 1 saturated carbocycles. The van der Waals surface area contributed by atoms with Gasteiger partial charge < -0.3 is 20.7 Å². The lowest BCUT2D eigenvalue weighted by molar-refractivity contribution is -0.137. The van der Waals surface area contributed by atoms with E-state index in [-0.39, 0.29) is 43.7 Å². The van der Waals surface area contributed by atoms with Crippen LogP contribution in [-0.4, -0.2) is 68.1 Å². The highest BCUT2D eigenvalue weighted by Gasteiger charge is 2.38. The topological polar surface area (TPSA) is 87.9 Å². The van der Waals surface area contributed by atoms with Crippen LogP contribution in [0.3, 0.4) is 0 Å². The van der Waals surface area contributed by atoms with E-state index in [2.05, 4.69) is 5.32 Å². The Morgan fingerprint density at radius 2 is 2.03 bits per heavy atom. The Kier molecular flexibility index (Phi) is 7.67. The Morgan fingerprint density at radius 1 is 1.31 bits per heavy atom. The number of carbonyl (C=O) groups is 2. The molecule has 3 N–H and O–H groups in total. The Balaban J connectivity index is 1.83. The van der Waals surface area contributed by atoms with Gasteiger partial charge in [0.1, 0.15) is 12.6 Å². The summed E-state index contributed by atoms with van der Waals surface area (Å²) in [6, 6.07) is 1.74. The quantitative estimate of drug-likeness (QED) is 0.578. The largest absolute Gasteiger partial charge is 0.418 e. The van der Waals surface area contributed by atoms with Crippen LogP contribution in [0.5, 0.6) is 0 Å². The summed E-state index contributed by atoms with van der Waals surface area (Å²) in [4.78, 5) is 27.1. The number of ether oxygens (including phenoxy) is 1. The maximum absolute atomic E-state index is 13.7. The smallest absolute Gasteiger partial charge is 0.370 e. The monoisotopic (exact) mass is 464 g/mol. The predicted molar refractivity (Wildman–Crippen MR) is 106 cm³/mol. The highest BCUT2D eigenvalue weighted by atomic mass is 19.4. The number of morpholine rings is 1. The van der Waals surface area contributed by atoms with Crippen LogP contribution in [0, 0.1) is 0 Å². The summed E-state index contributed by atoms with van der Waals surface area (Å²) in [5, 5.41) is 2.37. The second-order valence-corrected chi connectivity index (χ2v) is 7.74. The fraction of sp³-hybridized carbons (Fsp3) is 0.600. The van der Waals surface area contributed by atoms with Gasteiger partial charge in [-0.2, -0.15) is 13.2 Å². The maximum atomic E-state index is 13.7. The second kappa shape index (κ2) is 10.1. The first-order chi connectivity index (χ1) is 15.1. The number of halogens is 5. The van der Waals surface area contributed by atoms with Gasteiger partial charge in [0.05, 0.1) is 24.4 Å². The average molecular weight is 464 g/mol. The summed E-state index contributed by atoms with van der Waals surface area (Å²) in [5.41, 5.74) is 4.06. The van der Waals surface area contributed by atoms with Crippen molar-refractivity contribution in [2.75, 3.05) is 43.1 Å². The summed E-state index contributed by atoms with van der Waals surface area (Å²) in [6.07, 6.45) is -5.33. The number of nitrogens with one attached hydrogen (secondary N) is 1. The highest BCUT2D eigenvalue weighted by molar-refractivity contribution is 5.98. The van der Waals surface area contributed by atoms with Crippen LogP contribution in [-0.2, 0) is 20.5 Å². The number of nitrogens with zero attached hydrogens (tertiary/aromatic N) is 2. The molecule has 12 heteroatoms. The SMILES string of the molecule is NC[C@@H](C(=O)Nc1ccc(N2CCOCC2=O)c(C(F)(F)F)c1)N(CC(F)F)C1CCC1. The Hall–Kier alpha value is -2.31. The van der Waals surface area contributed by atoms with Crippen LogP contribution in [0.4, 0.5) is 33.3 Å². The van der Waals surface area contributed by atoms with E-state index in [1.807, 2.05) is 0 Å². The normalized spacial score (nSPS) is 18.8. The molecule has 1 saturated heterocycles. The number of carbonyl (C=O) groups excluding carboxylic acids is 2. The number of nitrogens with two attached hydrogens (primary N) is 1. The molecule has 0 unspecified atom stereocenters. The fourth-order valence-electron chi connectivity index (χ4n) is 3.88. The fourth-order valence-corrected chi connectivity index (χ4v) is 3.88. The van der Waals surface area contributed by atoms with Crippen molar-refractivity contribution in [3.05, 3.63) is 23.8 Å². The molecule has 0 spiro atoms. The predicted octanol–water partition coefficient (Wildman–Crippen LogP) is 2.45. The molecular weight excluding hydrogens is 439 g/mol. The van der Waals surface area contributed by atoms with E-state index in [1.54, 1.807) is 0 Å². The number of hydrogen-bond acceptors (Lipinski definition) is 5. The van der Waals surface area contributed by atoms with Crippen molar-refractivity contribution in [3.8, 4) is 0 Å². The molecule has 0 aromatic heterocycles. The number of hydrogen-bond donors (Lipinski definition) is 2. The van der Waals surface area contributed by atoms with Gasteiger partial charge in [-0.3, -0.25) is 14.5 Å². The zero-order valence-electron chi connectivity index (χ0n) is 17.2. The minimum absolute atomic E-state index is 0.0349. The van der Waals surface area contributed by atoms with E-state index < -0.39 is 42.6 Å². The first-order valence-electron chi connectivity index (χ1n) is 10.3. The molecule has 2 aliphatic rings. The summed E-state index contributed by atoms with van der Waals surface area (Å²) in [6.45, 7) is -1.17. The average Bonchev–Trinajstić information content (AvgIpc) is 2.66. The highest BCUT2D eigenvalue weighted by Crippen LogP contribution is 2.39. The van der Waals surface area contributed by atoms with Gasteiger partial charge in [0.15, 0.2) is 0 Å². The third kappa shape index (κ3) is 5.54. The Bertz CT molecular complexity index is 832. The van der Waals surface area contributed by atoms with Crippen molar-refractivity contribution in [1.29, 1.82) is 0 Å². The minimum atomic E-state index is -4.80. The van der Waals surface area contributed by atoms with Gasteiger partial charge in [0.25, 0.3) is 12.3 Å². The zero-order chi connectivity index (χ0) is 23.5. The van der Waals surface area contributed by atoms with E-state index >= 15 is 0 Å². The molecule has 1 aliphatic carbocycles. The molecule has 7 nitrogen and oxygen atoms in total. The molecule has 178 valence electrons. The molecule has 2 amide bonds. The van der Waals surface area contributed by atoms with Crippen LogP contribution in [0.2, 0.25) is 0 Å². The van der Waals surface area contributed by atoms with Crippen LogP contribution in [0.1, 0.15) is 24.8 Å². The van der Waals surface area contributed by atoms with Gasteiger partial charge in [-0.1, -0.05) is 6.42 Å². The van der Waals surface area contributed by atoms with E-state index in [4.69, 9.17) is 10.5 Å². The Morgan fingerprint density at radius 3 is 2.56 bits per heavy atom. The van der Waals surface area contributed by atoms with Gasteiger partial charge >= 0.3 is 6.18 Å². The van der Waals surface area contributed by atoms with Crippen molar-refractivity contribution in [2.24, 2.45) is 5.73 Å². The summed E-state index contributed by atoms with van der Waals surface area (Å²) in [7, 11) is 0. The summed E-state index contributed by atoms with van der Waals surface area (Å²) < 4.78 is 72.2. The van der Waals surface area contributed by atoms with E-state index in [0.29, 0.717) is 12.8 Å². The molecule has 1 aliphatic heterocycles. The molecule has 32 heavy (non-hydrogen) atoms. The van der Waals surface area contributed by atoms with Crippen LogP contribution in [0.15, 0.2) is 18.2 Å². The van der Waals surface area contributed by atoms with E-state index in [0.717, 1.165) is 23.5 Å². The van der Waals surface area contributed by atoms with Crippen molar-refractivity contribution >= 4 is 23.2 Å². The van der Waals surface area contributed by atoms with Crippen molar-refractivity contribution in [2.45, 2.75) is 43.9 Å². The zero-order valence-corrected chi connectivity index (χ0v) is 17.2. The summed E-state index contributed by atoms with van der Waals surface area (Å²) in [5.74, 6) is -1.37. The first kappa shape index (κ1) is 24.3. The third-order valence-corrected chi connectivity index (χ3v) is 5.66. The molecule has 2 fully saturated rings. The number of rotatable bonds is 8. The van der Waals surface area contributed by atoms with Crippen molar-refractivity contribution < 1.29 is 36.3 Å². The third-order valence-electron chi connectivity index (χ3n) is 5.66. The lowest BCUT2D eigenvalue weighted by Gasteiger charge is -2.41. The number of benzene rings is 1. The molecule has 1 aromatic rings. The first-order valence-corrected chi connectivity index (χ1v) is 10.3. The molecule has 0 radical (unpaired) electrons. The van der Waals surface area contributed by atoms with Crippen LogP contribution in [0.25, 0.3) is 0 Å². The van der Waals surface area contributed by atoms with Crippen molar-refractivity contribution in [1.82, 2.24) is 4.90 Å². The minimum Gasteiger partial charge on any atom is -0.370 e. The van der Waals surface area contributed by atoms with Gasteiger partial charge in [-0.05, 0) is 31.0 Å². The van der Waals surface area contributed by atoms with Gasteiger partial charge in [-0.15, -0.1) is 0 Å². The standard InChI is InChI=1S/C20H25F5N4O3/c21-17(22)10-29(13-2-1-3-13)16(9-26)19(31)27-12-4-5-15(14(8-12)20(23,24)25)28-6-7-32-11-18(28)30/h4-5,8,13,16-17H,1-3,6-7,9-11,26H2,(H,27,31)/t16-/m0/s1. The van der Waals surface area contributed by atoms with Gasteiger partial charge in [-0.25, -0.2) is 8.78 Å². The second-order valence-electron chi connectivity index (χ2n) is 7.74. The summed E-state index contributed by atoms with van der Waals surface area (Å²) >= 11 is 0. The molecule has 1 heterocycles.